The second kappa shape index (κ2) is 63.4. The third-order valence-electron chi connectivity index (χ3n) is 14.2. The third-order valence-corrected chi connectivity index (χ3v) is 14.2. The van der Waals surface area contributed by atoms with Crippen LogP contribution in [0.3, 0.4) is 0 Å². The van der Waals surface area contributed by atoms with E-state index in [0.717, 1.165) is 103 Å². The van der Waals surface area contributed by atoms with E-state index in [9.17, 15) is 14.4 Å². The monoisotopic (exact) mass is 1050 g/mol. The summed E-state index contributed by atoms with van der Waals surface area (Å²) >= 11 is 0. The first-order valence-corrected chi connectivity index (χ1v) is 32.4. The lowest BCUT2D eigenvalue weighted by Crippen LogP contribution is -2.30. The van der Waals surface area contributed by atoms with Crippen LogP contribution < -0.4 is 0 Å². The smallest absolute Gasteiger partial charge is 0.306 e. The van der Waals surface area contributed by atoms with Crippen LogP contribution in [0.4, 0.5) is 0 Å². The zero-order valence-electron chi connectivity index (χ0n) is 49.8. The fourth-order valence-corrected chi connectivity index (χ4v) is 9.39. The van der Waals surface area contributed by atoms with Crippen molar-refractivity contribution in [3.8, 4) is 0 Å². The van der Waals surface area contributed by atoms with Gasteiger partial charge in [-0.25, -0.2) is 0 Å². The predicted molar refractivity (Wildman–Crippen MR) is 325 cm³/mol. The average molecular weight is 1050 g/mol. The molecule has 6 heteroatoms. The van der Waals surface area contributed by atoms with Crippen molar-refractivity contribution in [3.63, 3.8) is 0 Å². The normalized spacial score (nSPS) is 12.5. The third kappa shape index (κ3) is 61.6. The van der Waals surface area contributed by atoms with Crippen LogP contribution in [0.25, 0.3) is 0 Å². The second-order valence-corrected chi connectivity index (χ2v) is 21.7. The molecule has 0 aliphatic heterocycles. The topological polar surface area (TPSA) is 78.9 Å². The Bertz CT molecular complexity index is 1390. The first-order valence-electron chi connectivity index (χ1n) is 32.4. The van der Waals surface area contributed by atoms with E-state index in [0.29, 0.717) is 19.3 Å². The van der Waals surface area contributed by atoms with Gasteiger partial charge in [-0.05, 0) is 70.6 Å². The van der Waals surface area contributed by atoms with Gasteiger partial charge in [-0.15, -0.1) is 0 Å². The van der Waals surface area contributed by atoms with Gasteiger partial charge >= 0.3 is 17.9 Å². The molecule has 0 aliphatic carbocycles. The SMILES string of the molecule is CC/C=C\C/C=C\C/C=C\C/C=C\C/C=C\C/C=C\CCCCCCCCCCC(=O)OCC(COC(=O)CCCCCCCCCC)OC(=O)CCCCCCCCCCCCCCCCCCCCCCCC. The Morgan fingerprint density at radius 3 is 0.813 bits per heavy atom. The van der Waals surface area contributed by atoms with Crippen molar-refractivity contribution in [3.05, 3.63) is 72.9 Å². The van der Waals surface area contributed by atoms with Crippen LogP contribution in [0, 0.1) is 0 Å². The number of hydrogen-bond acceptors (Lipinski definition) is 6. The highest BCUT2D eigenvalue weighted by molar-refractivity contribution is 5.71. The Hall–Kier alpha value is -3.15. The number of esters is 3. The van der Waals surface area contributed by atoms with Gasteiger partial charge in [-0.2, -0.15) is 0 Å². The van der Waals surface area contributed by atoms with Crippen LogP contribution in [0.2, 0.25) is 0 Å². The second-order valence-electron chi connectivity index (χ2n) is 21.7. The number of carbonyl (C=O) groups excluding carboxylic acids is 3. The zero-order chi connectivity index (χ0) is 54.3. The largest absolute Gasteiger partial charge is 0.462 e. The Balaban J connectivity index is 4.17. The van der Waals surface area contributed by atoms with Gasteiger partial charge in [0.15, 0.2) is 6.10 Å². The van der Waals surface area contributed by atoms with Gasteiger partial charge in [0.2, 0.25) is 0 Å². The molecule has 0 rings (SSSR count). The molecule has 0 heterocycles. The van der Waals surface area contributed by atoms with Crippen LogP contribution in [-0.4, -0.2) is 37.2 Å². The maximum absolute atomic E-state index is 12.9. The van der Waals surface area contributed by atoms with Gasteiger partial charge in [0, 0.05) is 19.3 Å². The zero-order valence-corrected chi connectivity index (χ0v) is 49.8. The van der Waals surface area contributed by atoms with E-state index < -0.39 is 6.10 Å². The number of ether oxygens (including phenoxy) is 3. The van der Waals surface area contributed by atoms with Gasteiger partial charge in [0.25, 0.3) is 0 Å². The Morgan fingerprint density at radius 1 is 0.280 bits per heavy atom. The average Bonchev–Trinajstić information content (AvgIpc) is 3.41. The van der Waals surface area contributed by atoms with Gasteiger partial charge in [0.1, 0.15) is 13.2 Å². The summed E-state index contributed by atoms with van der Waals surface area (Å²) in [4.78, 5) is 38.2. The maximum Gasteiger partial charge on any atom is 0.306 e. The minimum absolute atomic E-state index is 0.0738. The number of rotatable bonds is 59. The molecule has 1 atom stereocenters. The molecule has 0 saturated heterocycles. The Labute approximate surface area is 465 Å². The molecular weight excluding hydrogens is 925 g/mol. The quantitative estimate of drug-likeness (QED) is 0.0261. The standard InChI is InChI=1S/C69H122O6/c1-4-7-10-13-16-19-21-23-25-27-29-31-33-34-35-36-37-39-40-42-44-46-48-50-53-56-59-62-68(71)74-65-66(64-73-67(70)61-58-55-52-18-15-12-9-6-3)75-69(72)63-60-57-54-51-49-47-45-43-41-38-32-30-28-26-24-22-20-17-14-11-8-5-2/h7,10,16,19,23,25,29,31,34-35,37,39,66H,4-6,8-9,11-15,17-18,20-22,24,26-28,30,32-33,36,38,40-65H2,1-3H3/b10-7-,19-16-,25-23-,31-29-,35-34-,39-37-. The summed E-state index contributed by atoms with van der Waals surface area (Å²) in [6.45, 7) is 6.53. The molecule has 0 aliphatic rings. The molecule has 0 N–H and O–H groups in total. The minimum Gasteiger partial charge on any atom is -0.462 e. The molecule has 434 valence electrons. The first-order chi connectivity index (χ1) is 37.0. The van der Waals surface area contributed by atoms with Crippen molar-refractivity contribution in [2.75, 3.05) is 13.2 Å². The summed E-state index contributed by atoms with van der Waals surface area (Å²) in [7, 11) is 0. The molecule has 0 radical (unpaired) electrons. The van der Waals surface area contributed by atoms with Gasteiger partial charge in [0.05, 0.1) is 0 Å². The number of unbranched alkanes of at least 4 members (excludes halogenated alkanes) is 36. The summed E-state index contributed by atoms with van der Waals surface area (Å²) in [5.41, 5.74) is 0. The van der Waals surface area contributed by atoms with E-state index in [-0.39, 0.29) is 31.1 Å². The summed E-state index contributed by atoms with van der Waals surface area (Å²) in [6.07, 6.45) is 82.1. The van der Waals surface area contributed by atoms with E-state index in [1.165, 1.54) is 186 Å². The fraction of sp³-hybridized carbons (Fsp3) is 0.783. The van der Waals surface area contributed by atoms with E-state index >= 15 is 0 Å². The van der Waals surface area contributed by atoms with E-state index in [2.05, 4.69) is 93.7 Å². The number of carbonyl (C=O) groups is 3. The molecular formula is C69H122O6. The molecule has 1 unspecified atom stereocenters. The highest BCUT2D eigenvalue weighted by Gasteiger charge is 2.19. The van der Waals surface area contributed by atoms with Gasteiger partial charge < -0.3 is 14.2 Å². The lowest BCUT2D eigenvalue weighted by molar-refractivity contribution is -0.167. The lowest BCUT2D eigenvalue weighted by atomic mass is 10.0. The molecule has 0 fully saturated rings. The fourth-order valence-electron chi connectivity index (χ4n) is 9.39. The van der Waals surface area contributed by atoms with Crippen LogP contribution in [0.1, 0.15) is 329 Å². The van der Waals surface area contributed by atoms with Crippen molar-refractivity contribution in [2.45, 2.75) is 335 Å². The van der Waals surface area contributed by atoms with E-state index in [1.807, 2.05) is 0 Å². The van der Waals surface area contributed by atoms with E-state index in [4.69, 9.17) is 14.2 Å². The lowest BCUT2D eigenvalue weighted by Gasteiger charge is -2.18. The van der Waals surface area contributed by atoms with Crippen LogP contribution in [-0.2, 0) is 28.6 Å². The summed E-state index contributed by atoms with van der Waals surface area (Å²) in [5, 5.41) is 0. The Morgan fingerprint density at radius 2 is 0.520 bits per heavy atom. The van der Waals surface area contributed by atoms with Crippen molar-refractivity contribution in [1.29, 1.82) is 0 Å². The predicted octanol–water partition coefficient (Wildman–Crippen LogP) is 22.1. The van der Waals surface area contributed by atoms with Crippen molar-refractivity contribution < 1.29 is 28.6 Å². The molecule has 0 amide bonds. The summed E-state index contributed by atoms with van der Waals surface area (Å²) < 4.78 is 16.9. The Kier molecular flexibility index (Phi) is 60.7. The summed E-state index contributed by atoms with van der Waals surface area (Å²) in [6, 6.07) is 0. The first kappa shape index (κ1) is 71.8. The molecule has 0 bridgehead atoms. The minimum atomic E-state index is -0.775. The molecule has 6 nitrogen and oxygen atoms in total. The molecule has 0 spiro atoms. The molecule has 75 heavy (non-hydrogen) atoms. The van der Waals surface area contributed by atoms with Crippen molar-refractivity contribution in [2.24, 2.45) is 0 Å². The molecule has 0 aromatic heterocycles. The van der Waals surface area contributed by atoms with Gasteiger partial charge in [-0.3, -0.25) is 14.4 Å². The van der Waals surface area contributed by atoms with Crippen molar-refractivity contribution >= 4 is 17.9 Å². The maximum atomic E-state index is 12.9. The molecule has 0 aromatic rings. The highest BCUT2D eigenvalue weighted by Crippen LogP contribution is 2.17. The van der Waals surface area contributed by atoms with Crippen LogP contribution in [0.5, 0.6) is 0 Å². The highest BCUT2D eigenvalue weighted by atomic mass is 16.6. The van der Waals surface area contributed by atoms with E-state index in [1.54, 1.807) is 0 Å². The summed E-state index contributed by atoms with van der Waals surface area (Å²) in [5.74, 6) is -0.870. The number of hydrogen-bond donors (Lipinski definition) is 0. The van der Waals surface area contributed by atoms with Crippen molar-refractivity contribution in [1.82, 2.24) is 0 Å². The molecule has 0 saturated carbocycles. The number of allylic oxidation sites excluding steroid dienone is 12. The van der Waals surface area contributed by atoms with Crippen LogP contribution in [0.15, 0.2) is 72.9 Å². The van der Waals surface area contributed by atoms with Crippen LogP contribution >= 0.6 is 0 Å². The molecule has 0 aromatic carbocycles. The van der Waals surface area contributed by atoms with Gasteiger partial charge in [-0.1, -0.05) is 312 Å².